The molecule has 2 nitrogen and oxygen atoms in total. The Bertz CT molecular complexity index is 389. The third kappa shape index (κ3) is 4.01. The van der Waals surface area contributed by atoms with Crippen LogP contribution in [-0.2, 0) is 0 Å². The third-order valence-electron chi connectivity index (χ3n) is 2.65. The van der Waals surface area contributed by atoms with Crippen LogP contribution in [0.5, 0.6) is 0 Å². The van der Waals surface area contributed by atoms with Crippen molar-refractivity contribution in [3.63, 3.8) is 0 Å². The van der Waals surface area contributed by atoms with Crippen molar-refractivity contribution in [2.45, 2.75) is 12.8 Å². The van der Waals surface area contributed by atoms with Crippen LogP contribution in [0, 0.1) is 11.3 Å². The van der Waals surface area contributed by atoms with Gasteiger partial charge in [0.05, 0.1) is 11.6 Å². The van der Waals surface area contributed by atoms with E-state index in [-0.39, 0.29) is 0 Å². The average molecular weight is 232 g/mol. The summed E-state index contributed by atoms with van der Waals surface area (Å²) in [6.07, 6.45) is 8.18. The lowest BCUT2D eigenvalue weighted by atomic mass is 9.94. The van der Waals surface area contributed by atoms with Gasteiger partial charge in [-0.2, -0.15) is 5.26 Å². The molecule has 0 spiro atoms. The van der Waals surface area contributed by atoms with Gasteiger partial charge in [0.15, 0.2) is 0 Å². The minimum absolute atomic E-state index is 0.524. The zero-order chi connectivity index (χ0) is 12.5. The first-order chi connectivity index (χ1) is 8.33. The van der Waals surface area contributed by atoms with Crippen LogP contribution in [0.2, 0.25) is 0 Å². The van der Waals surface area contributed by atoms with Crippen molar-refractivity contribution in [3.8, 4) is 6.07 Å². The molecule has 1 aliphatic heterocycles. The Kier molecular flexibility index (Phi) is 5.98. The van der Waals surface area contributed by atoms with Crippen LogP contribution < -0.4 is 5.32 Å². The van der Waals surface area contributed by atoms with E-state index in [0.29, 0.717) is 5.57 Å². The van der Waals surface area contributed by atoms with Crippen molar-refractivity contribution in [3.05, 3.63) is 47.6 Å². The lowest BCUT2D eigenvalue weighted by Crippen LogP contribution is -2.23. The van der Waals surface area contributed by atoms with E-state index < -0.39 is 6.67 Å². The van der Waals surface area contributed by atoms with Crippen LogP contribution in [0.25, 0.3) is 0 Å². The number of hydrogen-bond donors (Lipinski definition) is 1. The molecule has 0 aromatic rings. The van der Waals surface area contributed by atoms with Crippen LogP contribution in [0.15, 0.2) is 47.6 Å². The summed E-state index contributed by atoms with van der Waals surface area (Å²) in [4.78, 5) is 0. The van der Waals surface area contributed by atoms with E-state index >= 15 is 0 Å². The van der Waals surface area contributed by atoms with E-state index in [1.54, 1.807) is 18.2 Å². The highest BCUT2D eigenvalue weighted by Crippen LogP contribution is 2.22. The molecule has 0 saturated carbocycles. The van der Waals surface area contributed by atoms with E-state index in [0.717, 1.165) is 37.1 Å². The van der Waals surface area contributed by atoms with Gasteiger partial charge in [0.2, 0.25) is 0 Å². The second-order valence-electron chi connectivity index (χ2n) is 3.75. The molecule has 1 fully saturated rings. The molecule has 1 saturated heterocycles. The van der Waals surface area contributed by atoms with Crippen molar-refractivity contribution >= 4 is 0 Å². The summed E-state index contributed by atoms with van der Waals surface area (Å²) in [5.41, 5.74) is 2.55. The summed E-state index contributed by atoms with van der Waals surface area (Å²) >= 11 is 0. The maximum Gasteiger partial charge on any atom is 0.108 e. The summed E-state index contributed by atoms with van der Waals surface area (Å²) in [7, 11) is 0. The van der Waals surface area contributed by atoms with Crippen LogP contribution in [0.4, 0.5) is 4.39 Å². The first kappa shape index (κ1) is 13.4. The number of nitrogens with one attached hydrogen (secondary N) is 1. The van der Waals surface area contributed by atoms with E-state index in [2.05, 4.69) is 18.0 Å². The predicted octanol–water partition coefficient (Wildman–Crippen LogP) is 2.83. The molecule has 0 aromatic heterocycles. The molecule has 0 bridgehead atoms. The second kappa shape index (κ2) is 7.59. The highest BCUT2D eigenvalue weighted by Gasteiger charge is 2.12. The average Bonchev–Trinajstić information content (AvgIpc) is 2.38. The third-order valence-corrected chi connectivity index (χ3v) is 2.65. The van der Waals surface area contributed by atoms with Gasteiger partial charge in [-0.3, -0.25) is 0 Å². The molecule has 1 N–H and O–H groups in total. The standard InChI is InChI=1S/C14H17FN2/c1-2-4-12(5-3-8-15)14(11-16)13-6-9-17-10-7-13/h2-5,17H,1,6-10H2/b5-3-,12-4+. The number of rotatable bonds is 4. The summed E-state index contributed by atoms with van der Waals surface area (Å²) in [5, 5.41) is 12.5. The topological polar surface area (TPSA) is 35.8 Å². The Labute approximate surface area is 102 Å². The van der Waals surface area contributed by atoms with Gasteiger partial charge in [-0.1, -0.05) is 30.9 Å². The maximum absolute atomic E-state index is 12.2. The molecular weight excluding hydrogens is 215 g/mol. The predicted molar refractivity (Wildman–Crippen MR) is 68.1 cm³/mol. The molecule has 3 heteroatoms. The SMILES string of the molecule is C=C/C=C(\C=C/CF)C(C#N)=C1CCNCC1. The maximum atomic E-state index is 12.2. The van der Waals surface area contributed by atoms with Crippen LogP contribution in [-0.4, -0.2) is 19.8 Å². The second-order valence-corrected chi connectivity index (χ2v) is 3.75. The fourth-order valence-electron chi connectivity index (χ4n) is 1.85. The van der Waals surface area contributed by atoms with Gasteiger partial charge in [0.25, 0.3) is 0 Å². The monoisotopic (exact) mass is 232 g/mol. The number of alkyl halides is 1. The number of piperidine rings is 1. The molecule has 0 radical (unpaired) electrons. The van der Waals surface area contributed by atoms with E-state index in [9.17, 15) is 9.65 Å². The zero-order valence-corrected chi connectivity index (χ0v) is 9.88. The number of hydrogen-bond acceptors (Lipinski definition) is 2. The molecule has 0 unspecified atom stereocenters. The molecule has 0 aromatic carbocycles. The number of nitrogens with zero attached hydrogens (tertiary/aromatic N) is 1. The highest BCUT2D eigenvalue weighted by atomic mass is 19.1. The first-order valence-corrected chi connectivity index (χ1v) is 5.72. The molecule has 1 heterocycles. The summed E-state index contributed by atoms with van der Waals surface area (Å²) < 4.78 is 12.2. The van der Waals surface area contributed by atoms with Gasteiger partial charge in [0, 0.05) is 0 Å². The number of halogens is 1. The fourth-order valence-corrected chi connectivity index (χ4v) is 1.85. The lowest BCUT2D eigenvalue weighted by Gasteiger charge is -2.17. The van der Waals surface area contributed by atoms with Gasteiger partial charge in [-0.15, -0.1) is 0 Å². The molecule has 0 amide bonds. The van der Waals surface area contributed by atoms with Crippen LogP contribution in [0.3, 0.4) is 0 Å². The largest absolute Gasteiger partial charge is 0.316 e. The Balaban J connectivity index is 3.04. The zero-order valence-electron chi connectivity index (χ0n) is 9.88. The molecule has 1 rings (SSSR count). The molecule has 1 aliphatic rings. The molecular formula is C14H17FN2. The van der Waals surface area contributed by atoms with E-state index in [1.807, 2.05) is 0 Å². The molecule has 0 atom stereocenters. The minimum Gasteiger partial charge on any atom is -0.316 e. The Morgan fingerprint density at radius 1 is 1.47 bits per heavy atom. The van der Waals surface area contributed by atoms with E-state index in [1.165, 1.54) is 6.08 Å². The number of nitriles is 1. The van der Waals surface area contributed by atoms with Crippen molar-refractivity contribution in [2.24, 2.45) is 0 Å². The van der Waals surface area contributed by atoms with Crippen LogP contribution in [0.1, 0.15) is 12.8 Å². The molecule has 90 valence electrons. The fraction of sp³-hybridized carbons (Fsp3) is 0.357. The quantitative estimate of drug-likeness (QED) is 0.597. The summed E-state index contributed by atoms with van der Waals surface area (Å²) in [5.74, 6) is 0. The van der Waals surface area contributed by atoms with Crippen LogP contribution >= 0.6 is 0 Å². The van der Waals surface area contributed by atoms with E-state index in [4.69, 9.17) is 0 Å². The van der Waals surface area contributed by atoms with Crippen molar-refractivity contribution in [1.82, 2.24) is 5.32 Å². The van der Waals surface area contributed by atoms with Crippen molar-refractivity contribution < 1.29 is 4.39 Å². The van der Waals surface area contributed by atoms with Gasteiger partial charge in [-0.25, -0.2) is 4.39 Å². The van der Waals surface area contributed by atoms with Gasteiger partial charge >= 0.3 is 0 Å². The lowest BCUT2D eigenvalue weighted by molar-refractivity contribution is 0.561. The smallest absolute Gasteiger partial charge is 0.108 e. The Morgan fingerprint density at radius 2 is 2.18 bits per heavy atom. The Hall–Kier alpha value is -1.66. The van der Waals surface area contributed by atoms with Gasteiger partial charge < -0.3 is 5.32 Å². The minimum atomic E-state index is -0.524. The van der Waals surface area contributed by atoms with Crippen molar-refractivity contribution in [2.75, 3.05) is 19.8 Å². The molecule has 0 aliphatic carbocycles. The number of allylic oxidation sites excluding steroid dienone is 6. The summed E-state index contributed by atoms with van der Waals surface area (Å²) in [6, 6.07) is 2.23. The first-order valence-electron chi connectivity index (χ1n) is 5.72. The molecule has 17 heavy (non-hydrogen) atoms. The summed E-state index contributed by atoms with van der Waals surface area (Å²) in [6.45, 7) is 4.89. The normalized spacial score (nSPS) is 16.9. The van der Waals surface area contributed by atoms with Crippen molar-refractivity contribution in [1.29, 1.82) is 5.26 Å². The van der Waals surface area contributed by atoms with Gasteiger partial charge in [-0.05, 0) is 37.1 Å². The highest BCUT2D eigenvalue weighted by molar-refractivity contribution is 5.52. The Morgan fingerprint density at radius 3 is 2.71 bits per heavy atom. The van der Waals surface area contributed by atoms with Gasteiger partial charge in [0.1, 0.15) is 6.67 Å².